The van der Waals surface area contributed by atoms with Gasteiger partial charge in [-0.1, -0.05) is 0 Å². The van der Waals surface area contributed by atoms with Crippen LogP contribution in [0.3, 0.4) is 0 Å². The zero-order valence-electron chi connectivity index (χ0n) is 17.6. The second-order valence-corrected chi connectivity index (χ2v) is 9.43. The molecule has 1 aliphatic rings. The summed E-state index contributed by atoms with van der Waals surface area (Å²) in [5, 5.41) is 8.82. The van der Waals surface area contributed by atoms with Crippen molar-refractivity contribution in [1.82, 2.24) is 4.31 Å². The number of hydrogen-bond donors (Lipinski definition) is 0. The molecule has 0 N–H and O–H groups in total. The standard InChI is InChI=1S/C22H25N3O5S/c1-24(2)31(27,28)19-9-10-21(25-11-3-4-12-25)20(15-19)22(26)30-14-13-29-18-7-5-17(16-23)6-8-18/h5-10,15H,3-4,11-14H2,1-2H3. The van der Waals surface area contributed by atoms with E-state index >= 15 is 0 Å². The van der Waals surface area contributed by atoms with E-state index in [4.69, 9.17) is 14.7 Å². The summed E-state index contributed by atoms with van der Waals surface area (Å²) in [5.41, 5.74) is 1.43. The topological polar surface area (TPSA) is 99.9 Å². The summed E-state index contributed by atoms with van der Waals surface area (Å²) in [6.07, 6.45) is 2.04. The minimum absolute atomic E-state index is 0.00291. The lowest BCUT2D eigenvalue weighted by molar-refractivity contribution is 0.0451. The molecule has 1 saturated heterocycles. The molecular weight excluding hydrogens is 418 g/mol. The minimum atomic E-state index is -3.68. The largest absolute Gasteiger partial charge is 0.490 e. The number of nitriles is 1. The number of anilines is 1. The van der Waals surface area contributed by atoms with Crippen molar-refractivity contribution in [2.24, 2.45) is 0 Å². The zero-order chi connectivity index (χ0) is 22.4. The lowest BCUT2D eigenvalue weighted by Crippen LogP contribution is -2.25. The minimum Gasteiger partial charge on any atom is -0.490 e. The van der Waals surface area contributed by atoms with Crippen molar-refractivity contribution in [1.29, 1.82) is 5.26 Å². The molecule has 0 radical (unpaired) electrons. The van der Waals surface area contributed by atoms with Gasteiger partial charge in [-0.3, -0.25) is 0 Å². The average molecular weight is 444 g/mol. The SMILES string of the molecule is CN(C)S(=O)(=O)c1ccc(N2CCCC2)c(C(=O)OCCOc2ccc(C#N)cc2)c1. The summed E-state index contributed by atoms with van der Waals surface area (Å²) in [5.74, 6) is -0.0342. The molecule has 2 aromatic carbocycles. The summed E-state index contributed by atoms with van der Waals surface area (Å²) in [4.78, 5) is 14.9. The number of esters is 1. The van der Waals surface area contributed by atoms with Crippen molar-refractivity contribution in [3.8, 4) is 11.8 Å². The number of carbonyl (C=O) groups is 1. The van der Waals surface area contributed by atoms with Crippen molar-refractivity contribution in [3.05, 3.63) is 53.6 Å². The van der Waals surface area contributed by atoms with Gasteiger partial charge in [-0.05, 0) is 55.3 Å². The molecule has 0 aromatic heterocycles. The van der Waals surface area contributed by atoms with Crippen LogP contribution < -0.4 is 9.64 Å². The number of rotatable bonds is 8. The van der Waals surface area contributed by atoms with Crippen LogP contribution in [0.25, 0.3) is 0 Å². The van der Waals surface area contributed by atoms with Crippen molar-refractivity contribution in [2.45, 2.75) is 17.7 Å². The third-order valence-electron chi connectivity index (χ3n) is 4.98. The summed E-state index contributed by atoms with van der Waals surface area (Å²) in [7, 11) is -0.787. The van der Waals surface area contributed by atoms with Crippen LogP contribution in [0.4, 0.5) is 5.69 Å². The van der Waals surface area contributed by atoms with E-state index in [1.165, 1.54) is 26.2 Å². The van der Waals surface area contributed by atoms with Crippen molar-refractivity contribution < 1.29 is 22.7 Å². The second-order valence-electron chi connectivity index (χ2n) is 7.28. The Hall–Kier alpha value is -3.09. The highest BCUT2D eigenvalue weighted by Gasteiger charge is 2.25. The molecule has 1 heterocycles. The van der Waals surface area contributed by atoms with Gasteiger partial charge in [0.1, 0.15) is 19.0 Å². The molecular formula is C22H25N3O5S. The predicted octanol–water partition coefficient (Wildman–Crippen LogP) is 2.64. The number of benzene rings is 2. The molecule has 2 aromatic rings. The Bertz CT molecular complexity index is 1070. The fourth-order valence-corrected chi connectivity index (χ4v) is 4.21. The highest BCUT2D eigenvalue weighted by Crippen LogP contribution is 2.28. The number of hydrogen-bond acceptors (Lipinski definition) is 7. The zero-order valence-corrected chi connectivity index (χ0v) is 18.4. The Kier molecular flexibility index (Phi) is 7.15. The maximum atomic E-state index is 12.8. The van der Waals surface area contributed by atoms with Crippen molar-refractivity contribution >= 4 is 21.7 Å². The van der Waals surface area contributed by atoms with Crippen LogP contribution in [0, 0.1) is 11.3 Å². The van der Waals surface area contributed by atoms with Gasteiger partial charge in [0.25, 0.3) is 0 Å². The Balaban J connectivity index is 1.72. The summed E-state index contributed by atoms with van der Waals surface area (Å²) >= 11 is 0. The van der Waals surface area contributed by atoms with Crippen LogP contribution in [0.5, 0.6) is 5.75 Å². The number of ether oxygens (including phenoxy) is 2. The van der Waals surface area contributed by atoms with Gasteiger partial charge in [-0.25, -0.2) is 17.5 Å². The first-order chi connectivity index (χ1) is 14.8. The Morgan fingerprint density at radius 2 is 1.77 bits per heavy atom. The van der Waals surface area contributed by atoms with Gasteiger partial charge in [0.2, 0.25) is 10.0 Å². The van der Waals surface area contributed by atoms with E-state index in [9.17, 15) is 13.2 Å². The van der Waals surface area contributed by atoms with E-state index < -0.39 is 16.0 Å². The van der Waals surface area contributed by atoms with Gasteiger partial charge in [-0.15, -0.1) is 0 Å². The molecule has 0 unspecified atom stereocenters. The van der Waals surface area contributed by atoms with E-state index in [1.54, 1.807) is 30.3 Å². The molecule has 31 heavy (non-hydrogen) atoms. The van der Waals surface area contributed by atoms with E-state index in [-0.39, 0.29) is 23.7 Å². The van der Waals surface area contributed by atoms with Gasteiger partial charge >= 0.3 is 5.97 Å². The van der Waals surface area contributed by atoms with E-state index in [2.05, 4.69) is 4.90 Å². The molecule has 3 rings (SSSR count). The van der Waals surface area contributed by atoms with Gasteiger partial charge in [0, 0.05) is 27.2 Å². The maximum Gasteiger partial charge on any atom is 0.340 e. The molecule has 0 saturated carbocycles. The van der Waals surface area contributed by atoms with E-state index in [0.717, 1.165) is 30.2 Å². The lowest BCUT2D eigenvalue weighted by atomic mass is 10.1. The summed E-state index contributed by atoms with van der Waals surface area (Å²) < 4.78 is 37.1. The molecule has 0 bridgehead atoms. The number of sulfonamides is 1. The third-order valence-corrected chi connectivity index (χ3v) is 6.79. The number of nitrogens with zero attached hydrogens (tertiary/aromatic N) is 3. The van der Waals surface area contributed by atoms with E-state index in [0.29, 0.717) is 17.0 Å². The van der Waals surface area contributed by atoms with E-state index in [1.807, 2.05) is 6.07 Å². The van der Waals surface area contributed by atoms with Gasteiger partial charge in [0.05, 0.1) is 27.8 Å². The smallest absolute Gasteiger partial charge is 0.340 e. The quantitative estimate of drug-likeness (QED) is 0.457. The highest BCUT2D eigenvalue weighted by atomic mass is 32.2. The Labute approximate surface area is 182 Å². The van der Waals surface area contributed by atoms with Crippen LogP contribution in [-0.4, -0.2) is 59.1 Å². The molecule has 1 aliphatic heterocycles. The van der Waals surface area contributed by atoms with Crippen LogP contribution in [0.15, 0.2) is 47.4 Å². The Morgan fingerprint density at radius 3 is 2.39 bits per heavy atom. The molecule has 0 spiro atoms. The van der Waals surface area contributed by atoms with Crippen LogP contribution in [0.1, 0.15) is 28.8 Å². The van der Waals surface area contributed by atoms with Crippen LogP contribution in [0.2, 0.25) is 0 Å². The van der Waals surface area contributed by atoms with Crippen molar-refractivity contribution in [2.75, 3.05) is 45.3 Å². The molecule has 164 valence electrons. The van der Waals surface area contributed by atoms with Gasteiger partial charge < -0.3 is 14.4 Å². The Morgan fingerprint density at radius 1 is 1.10 bits per heavy atom. The summed E-state index contributed by atoms with van der Waals surface area (Å²) in [6, 6.07) is 13.2. The molecule has 0 aliphatic carbocycles. The fourth-order valence-electron chi connectivity index (χ4n) is 3.28. The first kappa shape index (κ1) is 22.6. The fraction of sp³-hybridized carbons (Fsp3) is 0.364. The normalized spacial score (nSPS) is 13.8. The number of carbonyl (C=O) groups excluding carboxylic acids is 1. The molecule has 0 amide bonds. The third kappa shape index (κ3) is 5.34. The molecule has 1 fully saturated rings. The van der Waals surface area contributed by atoms with Crippen molar-refractivity contribution in [3.63, 3.8) is 0 Å². The van der Waals surface area contributed by atoms with Crippen LogP contribution >= 0.6 is 0 Å². The molecule has 9 heteroatoms. The monoisotopic (exact) mass is 443 g/mol. The van der Waals surface area contributed by atoms with Gasteiger partial charge in [-0.2, -0.15) is 5.26 Å². The second kappa shape index (κ2) is 9.81. The summed E-state index contributed by atoms with van der Waals surface area (Å²) in [6.45, 7) is 1.75. The molecule has 0 atom stereocenters. The lowest BCUT2D eigenvalue weighted by Gasteiger charge is -2.22. The maximum absolute atomic E-state index is 12.8. The van der Waals surface area contributed by atoms with Crippen LogP contribution in [-0.2, 0) is 14.8 Å². The average Bonchev–Trinajstić information content (AvgIpc) is 3.31. The first-order valence-electron chi connectivity index (χ1n) is 9.94. The highest BCUT2D eigenvalue weighted by molar-refractivity contribution is 7.89. The molecule has 8 nitrogen and oxygen atoms in total. The predicted molar refractivity (Wildman–Crippen MR) is 116 cm³/mol. The van der Waals surface area contributed by atoms with Gasteiger partial charge in [0.15, 0.2) is 0 Å². The first-order valence-corrected chi connectivity index (χ1v) is 11.4.